The van der Waals surface area contributed by atoms with Crippen molar-refractivity contribution in [2.24, 2.45) is 0 Å². The molecule has 0 saturated carbocycles. The van der Waals surface area contributed by atoms with Crippen LogP contribution in [0.5, 0.6) is 5.75 Å². The lowest BCUT2D eigenvalue weighted by Gasteiger charge is -2.20. The summed E-state index contributed by atoms with van der Waals surface area (Å²) in [5.74, 6) is -0.285. The van der Waals surface area contributed by atoms with Gasteiger partial charge in [0.15, 0.2) is 0 Å². The zero-order chi connectivity index (χ0) is 14.8. The Morgan fingerprint density at radius 2 is 2.00 bits per heavy atom. The van der Waals surface area contributed by atoms with E-state index in [0.717, 1.165) is 5.75 Å². The number of nitrogens with one attached hydrogen (secondary N) is 1. The fourth-order valence-electron chi connectivity index (χ4n) is 1.64. The van der Waals surface area contributed by atoms with Gasteiger partial charge in [0.25, 0.3) is 0 Å². The number of carboxylic acids is 1. The third kappa shape index (κ3) is 6.08. The maximum Gasteiger partial charge on any atom is 0.323 e. The molecule has 0 spiro atoms. The average molecular weight is 280 g/mol. The lowest BCUT2D eigenvalue weighted by atomic mass is 10.3. The second kappa shape index (κ2) is 8.79. The van der Waals surface area contributed by atoms with Gasteiger partial charge in [-0.3, -0.25) is 4.79 Å². The molecule has 0 radical (unpaired) electrons. The van der Waals surface area contributed by atoms with Gasteiger partial charge in [0, 0.05) is 6.54 Å². The average Bonchev–Trinajstić information content (AvgIpc) is 2.43. The van der Waals surface area contributed by atoms with Gasteiger partial charge in [0.1, 0.15) is 18.9 Å². The van der Waals surface area contributed by atoms with Gasteiger partial charge in [0.2, 0.25) is 0 Å². The highest BCUT2D eigenvalue weighted by molar-refractivity contribution is 5.80. The first-order chi connectivity index (χ1) is 9.63. The molecule has 2 N–H and O–H groups in total. The van der Waals surface area contributed by atoms with E-state index in [4.69, 9.17) is 9.84 Å². The Kier molecular flexibility index (Phi) is 6.95. The van der Waals surface area contributed by atoms with Crippen LogP contribution in [0.15, 0.2) is 30.3 Å². The van der Waals surface area contributed by atoms with Crippen LogP contribution in [0.1, 0.15) is 13.3 Å². The highest BCUT2D eigenvalue weighted by atomic mass is 16.5. The van der Waals surface area contributed by atoms with E-state index in [1.165, 1.54) is 4.90 Å². The Morgan fingerprint density at radius 1 is 1.30 bits per heavy atom. The van der Waals surface area contributed by atoms with Crippen molar-refractivity contribution < 1.29 is 19.4 Å². The monoisotopic (exact) mass is 280 g/mol. The molecular weight excluding hydrogens is 260 g/mol. The molecule has 110 valence electrons. The normalized spacial score (nSPS) is 9.85. The largest absolute Gasteiger partial charge is 0.492 e. The van der Waals surface area contributed by atoms with E-state index in [2.05, 4.69) is 5.32 Å². The fraction of sp³-hybridized carbons (Fsp3) is 0.429. The molecule has 0 aliphatic heterocycles. The zero-order valence-corrected chi connectivity index (χ0v) is 11.5. The van der Waals surface area contributed by atoms with Crippen LogP contribution in [0.4, 0.5) is 4.79 Å². The zero-order valence-electron chi connectivity index (χ0n) is 11.5. The molecule has 1 aromatic carbocycles. The van der Waals surface area contributed by atoms with Crippen LogP contribution in [0.2, 0.25) is 0 Å². The molecule has 0 unspecified atom stereocenters. The van der Waals surface area contributed by atoms with Crippen molar-refractivity contribution >= 4 is 12.0 Å². The summed E-state index contributed by atoms with van der Waals surface area (Å²) in [5, 5.41) is 11.4. The second-order valence-electron chi connectivity index (χ2n) is 4.21. The van der Waals surface area contributed by atoms with Crippen molar-refractivity contribution in [1.82, 2.24) is 10.2 Å². The summed E-state index contributed by atoms with van der Waals surface area (Å²) in [5.41, 5.74) is 0. The standard InChI is InChI=1S/C14H20N2O4/c1-2-9-16(11-13(17)18)14(19)15-8-10-20-12-6-4-3-5-7-12/h3-7H,2,8-11H2,1H3,(H,15,19)(H,17,18). The summed E-state index contributed by atoms with van der Waals surface area (Å²) < 4.78 is 5.43. The van der Waals surface area contributed by atoms with Gasteiger partial charge in [-0.05, 0) is 18.6 Å². The number of urea groups is 1. The summed E-state index contributed by atoms with van der Waals surface area (Å²) in [4.78, 5) is 23.7. The second-order valence-corrected chi connectivity index (χ2v) is 4.21. The molecule has 2 amide bonds. The van der Waals surface area contributed by atoms with Gasteiger partial charge < -0.3 is 20.1 Å². The molecule has 1 rings (SSSR count). The molecule has 0 aliphatic rings. The fourth-order valence-corrected chi connectivity index (χ4v) is 1.64. The van der Waals surface area contributed by atoms with Gasteiger partial charge in [-0.1, -0.05) is 25.1 Å². The molecule has 20 heavy (non-hydrogen) atoms. The Hall–Kier alpha value is -2.24. The van der Waals surface area contributed by atoms with Crippen molar-refractivity contribution in [1.29, 1.82) is 0 Å². The Balaban J connectivity index is 2.28. The van der Waals surface area contributed by atoms with E-state index in [1.54, 1.807) is 0 Å². The lowest BCUT2D eigenvalue weighted by Crippen LogP contribution is -2.44. The van der Waals surface area contributed by atoms with E-state index >= 15 is 0 Å². The number of carbonyl (C=O) groups is 2. The van der Waals surface area contributed by atoms with Gasteiger partial charge in [0.05, 0.1) is 6.54 Å². The van der Waals surface area contributed by atoms with Crippen LogP contribution in [-0.4, -0.2) is 48.2 Å². The number of amides is 2. The number of benzene rings is 1. The van der Waals surface area contributed by atoms with Crippen LogP contribution in [0, 0.1) is 0 Å². The number of para-hydroxylation sites is 1. The van der Waals surface area contributed by atoms with Crippen LogP contribution in [0.3, 0.4) is 0 Å². The summed E-state index contributed by atoms with van der Waals surface area (Å²) >= 11 is 0. The maximum atomic E-state index is 11.8. The van der Waals surface area contributed by atoms with E-state index < -0.39 is 5.97 Å². The van der Waals surface area contributed by atoms with Crippen molar-refractivity contribution in [3.05, 3.63) is 30.3 Å². The summed E-state index contributed by atoms with van der Waals surface area (Å²) in [7, 11) is 0. The molecule has 0 aromatic heterocycles. The third-order valence-corrected chi connectivity index (χ3v) is 2.50. The lowest BCUT2D eigenvalue weighted by molar-refractivity contribution is -0.137. The number of hydrogen-bond donors (Lipinski definition) is 2. The molecule has 0 heterocycles. The Labute approximate surface area is 118 Å². The van der Waals surface area contributed by atoms with Crippen molar-refractivity contribution in [2.45, 2.75) is 13.3 Å². The van der Waals surface area contributed by atoms with E-state index in [-0.39, 0.29) is 12.6 Å². The SMILES string of the molecule is CCCN(CC(=O)O)C(=O)NCCOc1ccccc1. The van der Waals surface area contributed by atoms with Crippen LogP contribution >= 0.6 is 0 Å². The molecule has 0 saturated heterocycles. The first-order valence-electron chi connectivity index (χ1n) is 6.56. The molecule has 1 aromatic rings. The Morgan fingerprint density at radius 3 is 2.60 bits per heavy atom. The van der Waals surface area contributed by atoms with Crippen molar-refractivity contribution in [2.75, 3.05) is 26.2 Å². The van der Waals surface area contributed by atoms with Crippen LogP contribution in [0.25, 0.3) is 0 Å². The smallest absolute Gasteiger partial charge is 0.323 e. The quantitative estimate of drug-likeness (QED) is 0.708. The number of aliphatic carboxylic acids is 1. The number of rotatable bonds is 8. The molecule has 6 nitrogen and oxygen atoms in total. The van der Waals surface area contributed by atoms with E-state index in [1.807, 2.05) is 37.3 Å². The third-order valence-electron chi connectivity index (χ3n) is 2.50. The van der Waals surface area contributed by atoms with Gasteiger partial charge in [-0.25, -0.2) is 4.79 Å². The number of carboxylic acid groups (broad SMARTS) is 1. The molecular formula is C14H20N2O4. The van der Waals surface area contributed by atoms with Crippen LogP contribution in [-0.2, 0) is 4.79 Å². The first-order valence-corrected chi connectivity index (χ1v) is 6.56. The van der Waals surface area contributed by atoms with Gasteiger partial charge in [-0.2, -0.15) is 0 Å². The predicted molar refractivity (Wildman–Crippen MR) is 74.8 cm³/mol. The van der Waals surface area contributed by atoms with E-state index in [9.17, 15) is 9.59 Å². The highest BCUT2D eigenvalue weighted by Gasteiger charge is 2.14. The molecule has 0 fully saturated rings. The van der Waals surface area contributed by atoms with Crippen molar-refractivity contribution in [3.63, 3.8) is 0 Å². The topological polar surface area (TPSA) is 78.9 Å². The minimum Gasteiger partial charge on any atom is -0.492 e. The number of nitrogens with zero attached hydrogens (tertiary/aromatic N) is 1. The van der Waals surface area contributed by atoms with Crippen LogP contribution < -0.4 is 10.1 Å². The van der Waals surface area contributed by atoms with E-state index in [0.29, 0.717) is 26.1 Å². The van der Waals surface area contributed by atoms with Crippen molar-refractivity contribution in [3.8, 4) is 5.75 Å². The summed E-state index contributed by atoms with van der Waals surface area (Å²) in [6.45, 7) is 2.67. The Bertz CT molecular complexity index is 422. The number of ether oxygens (including phenoxy) is 1. The minimum absolute atomic E-state index is 0.292. The van der Waals surface area contributed by atoms with Gasteiger partial charge in [-0.15, -0.1) is 0 Å². The summed E-state index contributed by atoms with van der Waals surface area (Å²) in [6, 6.07) is 8.90. The highest BCUT2D eigenvalue weighted by Crippen LogP contribution is 2.07. The molecule has 0 atom stereocenters. The molecule has 6 heteroatoms. The molecule has 0 bridgehead atoms. The first kappa shape index (κ1) is 15.8. The minimum atomic E-state index is -1.02. The maximum absolute atomic E-state index is 11.8. The van der Waals surface area contributed by atoms with Gasteiger partial charge >= 0.3 is 12.0 Å². The predicted octanol–water partition coefficient (Wildman–Crippen LogP) is 1.57. The number of carbonyl (C=O) groups excluding carboxylic acids is 1. The summed E-state index contributed by atoms with van der Waals surface area (Å²) in [6.07, 6.45) is 0.710. The number of hydrogen-bond acceptors (Lipinski definition) is 3. The molecule has 0 aliphatic carbocycles.